The van der Waals surface area contributed by atoms with Gasteiger partial charge in [-0.25, -0.2) is 14.6 Å². The number of pyridine rings is 1. The van der Waals surface area contributed by atoms with E-state index in [0.29, 0.717) is 24.8 Å². The van der Waals surface area contributed by atoms with Gasteiger partial charge in [0.15, 0.2) is 11.6 Å². The lowest BCUT2D eigenvalue weighted by molar-refractivity contribution is 0.177. The van der Waals surface area contributed by atoms with Crippen molar-refractivity contribution in [3.05, 3.63) is 35.9 Å². The van der Waals surface area contributed by atoms with Gasteiger partial charge in [0.25, 0.3) is 0 Å². The first-order valence-electron chi connectivity index (χ1n) is 6.71. The molecule has 3 aromatic heterocycles. The summed E-state index contributed by atoms with van der Waals surface area (Å²) in [5.41, 5.74) is 2.68. The van der Waals surface area contributed by atoms with Crippen LogP contribution in [0, 0.1) is 6.92 Å². The largest absolute Gasteiger partial charge is 0.394 e. The molecular weight excluding hydrogens is 270 g/mol. The van der Waals surface area contributed by atoms with Crippen LogP contribution in [0.5, 0.6) is 0 Å². The Morgan fingerprint density at radius 3 is 2.86 bits per heavy atom. The van der Waals surface area contributed by atoms with E-state index in [-0.39, 0.29) is 6.61 Å². The summed E-state index contributed by atoms with van der Waals surface area (Å²) in [5, 5.41) is 13.5. The summed E-state index contributed by atoms with van der Waals surface area (Å²) in [6.07, 6.45) is 1.93. The molecule has 0 aliphatic carbocycles. The average molecular weight is 287 g/mol. The van der Waals surface area contributed by atoms with Crippen LogP contribution in [0.4, 0.5) is 0 Å². The molecule has 0 atom stereocenters. The molecule has 7 heteroatoms. The summed E-state index contributed by atoms with van der Waals surface area (Å²) in [5.74, 6) is 1.22. The van der Waals surface area contributed by atoms with Gasteiger partial charge in [-0.05, 0) is 19.1 Å². The molecule has 7 nitrogen and oxygen atoms in total. The Kier molecular flexibility index (Phi) is 3.68. The maximum absolute atomic E-state index is 9.17. The van der Waals surface area contributed by atoms with Crippen LogP contribution in [0.25, 0.3) is 17.2 Å². The van der Waals surface area contributed by atoms with Crippen molar-refractivity contribution in [2.45, 2.75) is 20.1 Å². The molecule has 1 N–H and O–H groups in total. The van der Waals surface area contributed by atoms with E-state index in [0.717, 1.165) is 17.0 Å². The SMILES string of the molecule is COCc1nc(-c2cn3c(C)cccc3n2)n(CCO)n1. The highest BCUT2D eigenvalue weighted by molar-refractivity contribution is 5.56. The van der Waals surface area contributed by atoms with Gasteiger partial charge < -0.3 is 14.2 Å². The molecule has 3 rings (SSSR count). The van der Waals surface area contributed by atoms with Crippen LogP contribution in [0.3, 0.4) is 0 Å². The molecule has 0 unspecified atom stereocenters. The Morgan fingerprint density at radius 2 is 2.14 bits per heavy atom. The molecule has 0 saturated heterocycles. The highest BCUT2D eigenvalue weighted by Crippen LogP contribution is 2.19. The van der Waals surface area contributed by atoms with Gasteiger partial charge in [0, 0.05) is 19.0 Å². The van der Waals surface area contributed by atoms with Crippen LogP contribution in [-0.4, -0.2) is 43.0 Å². The maximum atomic E-state index is 9.17. The van der Waals surface area contributed by atoms with Crippen LogP contribution >= 0.6 is 0 Å². The standard InChI is InChI=1S/C14H17N5O2/c1-10-4-3-5-13-15-11(8-18(10)13)14-16-12(9-21-2)17-19(14)6-7-20/h3-5,8,20H,6-7,9H2,1-2H3. The van der Waals surface area contributed by atoms with Gasteiger partial charge in [0.1, 0.15) is 17.9 Å². The molecule has 0 amide bonds. The number of aliphatic hydroxyl groups excluding tert-OH is 1. The van der Waals surface area contributed by atoms with Crippen molar-refractivity contribution < 1.29 is 9.84 Å². The summed E-state index contributed by atoms with van der Waals surface area (Å²) >= 11 is 0. The van der Waals surface area contributed by atoms with E-state index in [1.807, 2.05) is 35.7 Å². The van der Waals surface area contributed by atoms with E-state index in [9.17, 15) is 0 Å². The number of aryl methyl sites for hydroxylation is 1. The summed E-state index contributed by atoms with van der Waals surface area (Å²) in [4.78, 5) is 9.03. The van der Waals surface area contributed by atoms with Crippen molar-refractivity contribution in [3.63, 3.8) is 0 Å². The maximum Gasteiger partial charge on any atom is 0.178 e. The monoisotopic (exact) mass is 287 g/mol. The molecule has 3 heterocycles. The Hall–Kier alpha value is -2.25. The molecule has 110 valence electrons. The van der Waals surface area contributed by atoms with Crippen molar-refractivity contribution in [2.24, 2.45) is 0 Å². The van der Waals surface area contributed by atoms with Crippen LogP contribution in [0.15, 0.2) is 24.4 Å². The molecular formula is C14H17N5O2. The lowest BCUT2D eigenvalue weighted by Crippen LogP contribution is -2.06. The Bertz CT molecular complexity index is 762. The second kappa shape index (κ2) is 5.63. The molecule has 0 fully saturated rings. The smallest absolute Gasteiger partial charge is 0.178 e. The first-order valence-corrected chi connectivity index (χ1v) is 6.71. The van der Waals surface area contributed by atoms with Crippen molar-refractivity contribution >= 4 is 5.65 Å². The van der Waals surface area contributed by atoms with Crippen LogP contribution in [-0.2, 0) is 17.9 Å². The van der Waals surface area contributed by atoms with Gasteiger partial charge in [-0.2, -0.15) is 5.10 Å². The number of rotatable bonds is 5. The van der Waals surface area contributed by atoms with Crippen molar-refractivity contribution in [1.29, 1.82) is 0 Å². The minimum absolute atomic E-state index is 0.00478. The summed E-state index contributed by atoms with van der Waals surface area (Å²) in [7, 11) is 1.60. The molecule has 0 aliphatic rings. The summed E-state index contributed by atoms with van der Waals surface area (Å²) in [6.45, 7) is 2.72. The number of hydrogen-bond acceptors (Lipinski definition) is 5. The molecule has 0 aromatic carbocycles. The first-order chi connectivity index (χ1) is 10.2. The minimum Gasteiger partial charge on any atom is -0.394 e. The first kappa shape index (κ1) is 13.7. The average Bonchev–Trinajstić information content (AvgIpc) is 3.04. The summed E-state index contributed by atoms with van der Waals surface area (Å²) < 4.78 is 8.72. The fraction of sp³-hybridized carbons (Fsp3) is 0.357. The van der Waals surface area contributed by atoms with Crippen LogP contribution in [0.2, 0.25) is 0 Å². The van der Waals surface area contributed by atoms with Gasteiger partial charge >= 0.3 is 0 Å². The van der Waals surface area contributed by atoms with Crippen molar-refractivity contribution in [1.82, 2.24) is 24.1 Å². The molecule has 0 saturated carbocycles. The Morgan fingerprint density at radius 1 is 1.29 bits per heavy atom. The van der Waals surface area contributed by atoms with Gasteiger partial charge in [0.2, 0.25) is 0 Å². The number of aromatic nitrogens is 5. The van der Waals surface area contributed by atoms with E-state index in [2.05, 4.69) is 15.1 Å². The minimum atomic E-state index is -0.00478. The van der Waals surface area contributed by atoms with Crippen molar-refractivity contribution in [3.8, 4) is 11.5 Å². The molecule has 0 spiro atoms. The number of methoxy groups -OCH3 is 1. The fourth-order valence-electron chi connectivity index (χ4n) is 2.28. The van der Waals surface area contributed by atoms with E-state index < -0.39 is 0 Å². The zero-order valence-corrected chi connectivity index (χ0v) is 12.0. The number of imidazole rings is 1. The third-order valence-electron chi connectivity index (χ3n) is 3.23. The quantitative estimate of drug-likeness (QED) is 0.758. The molecule has 0 bridgehead atoms. The van der Waals surface area contributed by atoms with E-state index >= 15 is 0 Å². The van der Waals surface area contributed by atoms with E-state index in [1.54, 1.807) is 11.8 Å². The van der Waals surface area contributed by atoms with Gasteiger partial charge in [-0.3, -0.25) is 0 Å². The topological polar surface area (TPSA) is 77.5 Å². The highest BCUT2D eigenvalue weighted by Gasteiger charge is 2.15. The number of hydrogen-bond donors (Lipinski definition) is 1. The van der Waals surface area contributed by atoms with Crippen LogP contribution in [0.1, 0.15) is 11.5 Å². The fourth-order valence-corrected chi connectivity index (χ4v) is 2.28. The third-order valence-corrected chi connectivity index (χ3v) is 3.23. The van der Waals surface area contributed by atoms with Gasteiger partial charge in [0.05, 0.1) is 13.2 Å². The summed E-state index contributed by atoms with van der Waals surface area (Å²) in [6, 6.07) is 5.93. The third kappa shape index (κ3) is 2.53. The second-order valence-electron chi connectivity index (χ2n) is 4.75. The number of nitrogens with zero attached hydrogens (tertiary/aromatic N) is 5. The predicted octanol–water partition coefficient (Wildman–Crippen LogP) is 1.04. The second-order valence-corrected chi connectivity index (χ2v) is 4.75. The van der Waals surface area contributed by atoms with Crippen LogP contribution < -0.4 is 0 Å². The number of ether oxygens (including phenoxy) is 1. The highest BCUT2D eigenvalue weighted by atomic mass is 16.5. The molecule has 0 radical (unpaired) electrons. The zero-order chi connectivity index (χ0) is 14.8. The van der Waals surface area contributed by atoms with E-state index in [4.69, 9.17) is 9.84 Å². The molecule has 0 aliphatic heterocycles. The molecule has 3 aromatic rings. The Labute approximate surface area is 121 Å². The Balaban J connectivity index is 2.10. The number of aliphatic hydroxyl groups is 1. The van der Waals surface area contributed by atoms with Crippen molar-refractivity contribution in [2.75, 3.05) is 13.7 Å². The normalized spacial score (nSPS) is 11.4. The van der Waals surface area contributed by atoms with Gasteiger partial charge in [-0.1, -0.05) is 6.07 Å². The predicted molar refractivity (Wildman–Crippen MR) is 76.7 cm³/mol. The zero-order valence-electron chi connectivity index (χ0n) is 12.0. The lowest BCUT2D eigenvalue weighted by Gasteiger charge is -2.00. The molecule has 21 heavy (non-hydrogen) atoms. The number of fused-ring (bicyclic) bond motifs is 1. The van der Waals surface area contributed by atoms with Gasteiger partial charge in [-0.15, -0.1) is 0 Å². The lowest BCUT2D eigenvalue weighted by atomic mass is 10.4. The van der Waals surface area contributed by atoms with E-state index in [1.165, 1.54) is 0 Å².